The Bertz CT molecular complexity index is 3380. The Balaban J connectivity index is 0.00000476. The molecule has 306 valence electrons. The molecule has 0 amide bonds. The molecule has 0 radical (unpaired) electrons. The van der Waals surface area contributed by atoms with E-state index in [0.717, 1.165) is 88.6 Å². The number of hydrogen-bond acceptors (Lipinski definition) is 3. The van der Waals surface area contributed by atoms with Crippen LogP contribution in [0, 0.1) is 26.8 Å². The normalized spacial score (nSPS) is 12.3. The maximum Gasteiger partial charge on any atom is 0.148 e. The predicted molar refractivity (Wildman–Crippen MR) is 251 cm³/mol. The van der Waals surface area contributed by atoms with Crippen LogP contribution in [0.25, 0.3) is 88.6 Å². The van der Waals surface area contributed by atoms with Crippen LogP contribution in [-0.4, -0.2) is 24.0 Å². The SMILES string of the molecule is Cc1ccc(-n2c(-c3cc(C(C)(C)C)cc(C(C)(C)C)c3O)nc3c(-c4[c-]c5c6nccc(C)c6n6c7ccccc7cc6c5c(C)c4)cccc32)c(-c2ccccc2)c1.[Pt]. The summed E-state index contributed by atoms with van der Waals surface area (Å²) in [7, 11) is 0. The fourth-order valence-electron chi connectivity index (χ4n) is 9.21. The molecule has 6 aromatic carbocycles. The third-order valence-corrected chi connectivity index (χ3v) is 12.3. The van der Waals surface area contributed by atoms with Gasteiger partial charge in [-0.15, -0.1) is 23.3 Å². The van der Waals surface area contributed by atoms with Crippen molar-refractivity contribution in [3.8, 4) is 45.1 Å². The Kier molecular flexibility index (Phi) is 9.64. The Morgan fingerprint density at radius 1 is 0.623 bits per heavy atom. The number of aromatic nitrogens is 4. The second kappa shape index (κ2) is 14.6. The Hall–Kier alpha value is -6.03. The molecule has 4 heterocycles. The Labute approximate surface area is 372 Å². The number of phenols is 1. The van der Waals surface area contributed by atoms with E-state index < -0.39 is 0 Å². The maximum atomic E-state index is 12.4. The molecule has 0 atom stereocenters. The summed E-state index contributed by atoms with van der Waals surface area (Å²) in [5, 5.41) is 15.8. The zero-order valence-electron chi connectivity index (χ0n) is 36.2. The molecule has 0 saturated heterocycles. The van der Waals surface area contributed by atoms with Gasteiger partial charge in [0.2, 0.25) is 0 Å². The molecule has 0 bridgehead atoms. The van der Waals surface area contributed by atoms with Gasteiger partial charge in [0, 0.05) is 54.9 Å². The fourth-order valence-corrected chi connectivity index (χ4v) is 9.21. The molecule has 0 spiro atoms. The molecular weight excluding hydrogens is 928 g/mol. The van der Waals surface area contributed by atoms with E-state index in [0.29, 0.717) is 11.4 Å². The van der Waals surface area contributed by atoms with Gasteiger partial charge in [-0.25, -0.2) is 4.98 Å². The molecular formula is C55H49N4OPt-. The second-order valence-corrected chi connectivity index (χ2v) is 18.6. The zero-order valence-corrected chi connectivity index (χ0v) is 38.4. The smallest absolute Gasteiger partial charge is 0.148 e. The summed E-state index contributed by atoms with van der Waals surface area (Å²) in [6.07, 6.45) is 1.91. The van der Waals surface area contributed by atoms with E-state index in [4.69, 9.17) is 9.97 Å². The topological polar surface area (TPSA) is 55.3 Å². The number of aromatic hydroxyl groups is 1. The molecule has 0 unspecified atom stereocenters. The van der Waals surface area contributed by atoms with Crippen molar-refractivity contribution < 1.29 is 26.2 Å². The van der Waals surface area contributed by atoms with Crippen molar-refractivity contribution in [3.05, 3.63) is 161 Å². The van der Waals surface area contributed by atoms with Gasteiger partial charge in [-0.3, -0.25) is 9.55 Å². The number of fused-ring (bicyclic) bond motifs is 9. The standard InChI is InChI=1S/C55H49N4O.Pt/c1-32-22-23-45(40(26-32)35-16-11-10-12-17-35)59-46-21-15-19-39(49(46)57-53(59)42-30-38(54(4,5)6)31-43(52(42)60)55(7,8)9)37-27-34(3)48-41(28-37)50-51(33(2)24-25-56-50)58-44-20-14-13-18-36(44)29-47(48)58;/h10-27,29-31,60H,1-9H3;/q-1;. The van der Waals surface area contributed by atoms with Gasteiger partial charge in [-0.1, -0.05) is 143 Å². The van der Waals surface area contributed by atoms with Crippen molar-refractivity contribution in [2.45, 2.75) is 73.1 Å². The minimum atomic E-state index is -0.314. The van der Waals surface area contributed by atoms with E-state index in [1.807, 2.05) is 6.20 Å². The Morgan fingerprint density at radius 2 is 1.36 bits per heavy atom. The summed E-state index contributed by atoms with van der Waals surface area (Å²) in [6, 6.07) is 47.1. The first-order chi connectivity index (χ1) is 28.7. The van der Waals surface area contributed by atoms with Crippen LogP contribution in [0.1, 0.15) is 69.4 Å². The number of rotatable bonds is 4. The van der Waals surface area contributed by atoms with E-state index in [1.54, 1.807) is 0 Å². The Morgan fingerprint density at radius 3 is 2.11 bits per heavy atom. The molecule has 61 heavy (non-hydrogen) atoms. The maximum absolute atomic E-state index is 12.4. The number of aryl methyl sites for hydroxylation is 3. The van der Waals surface area contributed by atoms with Crippen LogP contribution in [0.5, 0.6) is 5.75 Å². The van der Waals surface area contributed by atoms with Crippen LogP contribution in [0.2, 0.25) is 0 Å². The fraction of sp³-hybridized carbons (Fsp3) is 0.200. The second-order valence-electron chi connectivity index (χ2n) is 18.6. The summed E-state index contributed by atoms with van der Waals surface area (Å²) in [5.41, 5.74) is 17.0. The third-order valence-electron chi connectivity index (χ3n) is 12.3. The van der Waals surface area contributed by atoms with Gasteiger partial charge in [0.15, 0.2) is 0 Å². The van der Waals surface area contributed by atoms with Crippen molar-refractivity contribution in [1.29, 1.82) is 0 Å². The average molecular weight is 977 g/mol. The van der Waals surface area contributed by atoms with Crippen molar-refractivity contribution in [2.24, 2.45) is 0 Å². The molecule has 0 aliphatic heterocycles. The first-order valence-electron chi connectivity index (χ1n) is 20.9. The molecule has 5 nitrogen and oxygen atoms in total. The third kappa shape index (κ3) is 6.48. The predicted octanol–water partition coefficient (Wildman–Crippen LogP) is 14.2. The van der Waals surface area contributed by atoms with Gasteiger partial charge < -0.3 is 9.51 Å². The molecule has 10 rings (SSSR count). The molecule has 0 fully saturated rings. The first kappa shape index (κ1) is 40.4. The van der Waals surface area contributed by atoms with Crippen LogP contribution in [0.15, 0.2) is 128 Å². The number of hydrogen-bond donors (Lipinski definition) is 1. The number of imidazole rings is 1. The van der Waals surface area contributed by atoms with E-state index >= 15 is 0 Å². The monoisotopic (exact) mass is 976 g/mol. The molecule has 0 aliphatic rings. The van der Waals surface area contributed by atoms with E-state index in [-0.39, 0.29) is 37.6 Å². The number of phenolic OH excluding ortho intramolecular Hbond substituents is 1. The first-order valence-corrected chi connectivity index (χ1v) is 20.9. The summed E-state index contributed by atoms with van der Waals surface area (Å²) >= 11 is 0. The van der Waals surface area contributed by atoms with E-state index in [2.05, 4.69) is 199 Å². The number of pyridine rings is 2. The average Bonchev–Trinajstić information content (AvgIpc) is 3.79. The van der Waals surface area contributed by atoms with Gasteiger partial charge in [0.25, 0.3) is 0 Å². The van der Waals surface area contributed by atoms with E-state index in [9.17, 15) is 5.11 Å². The van der Waals surface area contributed by atoms with Gasteiger partial charge in [-0.05, 0) is 89.2 Å². The molecule has 6 heteroatoms. The van der Waals surface area contributed by atoms with Crippen LogP contribution >= 0.6 is 0 Å². The summed E-state index contributed by atoms with van der Waals surface area (Å²) in [4.78, 5) is 10.7. The largest absolute Gasteiger partial charge is 0.507 e. The van der Waals surface area contributed by atoms with Crippen molar-refractivity contribution in [1.82, 2.24) is 18.9 Å². The minimum Gasteiger partial charge on any atom is -0.507 e. The van der Waals surface area contributed by atoms with Gasteiger partial charge in [-0.2, -0.15) is 0 Å². The van der Waals surface area contributed by atoms with Crippen LogP contribution in [-0.2, 0) is 31.9 Å². The van der Waals surface area contributed by atoms with Crippen LogP contribution in [0.3, 0.4) is 0 Å². The molecule has 1 N–H and O–H groups in total. The quantitative estimate of drug-likeness (QED) is 0.141. The van der Waals surface area contributed by atoms with Crippen molar-refractivity contribution >= 4 is 49.3 Å². The zero-order chi connectivity index (χ0) is 41.8. The number of para-hydroxylation sites is 2. The summed E-state index contributed by atoms with van der Waals surface area (Å²) in [5.74, 6) is 0.945. The molecule has 0 aliphatic carbocycles. The van der Waals surface area contributed by atoms with Crippen molar-refractivity contribution in [3.63, 3.8) is 0 Å². The van der Waals surface area contributed by atoms with Crippen molar-refractivity contribution in [2.75, 3.05) is 0 Å². The molecule has 0 saturated carbocycles. The van der Waals surface area contributed by atoms with E-state index in [1.165, 1.54) is 16.5 Å². The summed E-state index contributed by atoms with van der Waals surface area (Å²) < 4.78 is 4.64. The van der Waals surface area contributed by atoms with Crippen LogP contribution < -0.4 is 0 Å². The molecule has 4 aromatic heterocycles. The summed E-state index contributed by atoms with van der Waals surface area (Å²) in [6.45, 7) is 19.7. The number of benzene rings is 6. The van der Waals surface area contributed by atoms with Crippen LogP contribution in [0.4, 0.5) is 0 Å². The minimum absolute atomic E-state index is 0. The molecule has 10 aromatic rings. The van der Waals surface area contributed by atoms with Gasteiger partial charge in [0.1, 0.15) is 11.6 Å². The number of nitrogens with zero attached hydrogens (tertiary/aromatic N) is 4. The van der Waals surface area contributed by atoms with Gasteiger partial charge >= 0.3 is 0 Å². The van der Waals surface area contributed by atoms with Gasteiger partial charge in [0.05, 0.1) is 27.8 Å².